The van der Waals surface area contributed by atoms with E-state index in [4.69, 9.17) is 10.5 Å². The third kappa shape index (κ3) is 4.16. The molecule has 0 amide bonds. The van der Waals surface area contributed by atoms with Crippen LogP contribution in [0.3, 0.4) is 0 Å². The predicted octanol–water partition coefficient (Wildman–Crippen LogP) is 2.43. The van der Waals surface area contributed by atoms with Crippen LogP contribution >= 0.6 is 0 Å². The van der Waals surface area contributed by atoms with Crippen molar-refractivity contribution in [1.29, 1.82) is 0 Å². The van der Waals surface area contributed by atoms with Crippen molar-refractivity contribution in [2.24, 2.45) is 10.7 Å². The highest BCUT2D eigenvalue weighted by molar-refractivity contribution is 5.77. The van der Waals surface area contributed by atoms with Crippen molar-refractivity contribution in [2.75, 3.05) is 6.54 Å². The number of nitrogens with one attached hydrogen (secondary N) is 1. The number of ether oxygens (including phenoxy) is 1. The molecule has 1 aliphatic rings. The van der Waals surface area contributed by atoms with Gasteiger partial charge in [-0.3, -0.25) is 0 Å². The van der Waals surface area contributed by atoms with Crippen molar-refractivity contribution in [3.8, 4) is 5.75 Å². The summed E-state index contributed by atoms with van der Waals surface area (Å²) in [5, 5.41) is 3.07. The van der Waals surface area contributed by atoms with Crippen LogP contribution in [0.5, 0.6) is 5.75 Å². The van der Waals surface area contributed by atoms with Gasteiger partial charge in [0.2, 0.25) is 0 Å². The zero-order valence-electron chi connectivity index (χ0n) is 11.6. The number of nitrogens with two attached hydrogens (primary N) is 1. The summed E-state index contributed by atoms with van der Waals surface area (Å²) in [6.45, 7) is 3.52. The Hall–Kier alpha value is -1.71. The number of hydrogen-bond acceptors (Lipinski definition) is 2. The van der Waals surface area contributed by atoms with Crippen LogP contribution in [0.4, 0.5) is 0 Å². The first kappa shape index (κ1) is 13.7. The van der Waals surface area contributed by atoms with Crippen LogP contribution in [0.1, 0.15) is 38.2 Å². The number of para-hydroxylation sites is 1. The second-order valence-corrected chi connectivity index (χ2v) is 4.91. The van der Waals surface area contributed by atoms with Gasteiger partial charge in [0.05, 0.1) is 12.6 Å². The van der Waals surface area contributed by atoms with Gasteiger partial charge in [-0.15, -0.1) is 0 Å². The zero-order chi connectivity index (χ0) is 13.5. The topological polar surface area (TPSA) is 59.6 Å². The Balaban J connectivity index is 1.94. The van der Waals surface area contributed by atoms with Crippen LogP contribution in [0.25, 0.3) is 0 Å². The maximum atomic E-state index is 5.96. The molecule has 0 radical (unpaired) electrons. The molecule has 104 valence electrons. The first-order valence-electron chi connectivity index (χ1n) is 7.08. The van der Waals surface area contributed by atoms with E-state index >= 15 is 0 Å². The Bertz CT molecular complexity index is 427. The Kier molecular flexibility index (Phi) is 5.07. The summed E-state index contributed by atoms with van der Waals surface area (Å²) in [5.74, 6) is 1.44. The fourth-order valence-electron chi connectivity index (χ4n) is 1.90. The minimum absolute atomic E-state index is 0.390. The van der Waals surface area contributed by atoms with Crippen LogP contribution in [0.2, 0.25) is 0 Å². The summed E-state index contributed by atoms with van der Waals surface area (Å²) in [5.41, 5.74) is 6.89. The predicted molar refractivity (Wildman–Crippen MR) is 78.3 cm³/mol. The van der Waals surface area contributed by atoms with E-state index in [1.54, 1.807) is 0 Å². The lowest BCUT2D eigenvalue weighted by Gasteiger charge is -2.27. The highest BCUT2D eigenvalue weighted by atomic mass is 16.5. The molecule has 0 aromatic heterocycles. The van der Waals surface area contributed by atoms with Gasteiger partial charge in [-0.1, -0.05) is 25.1 Å². The Morgan fingerprint density at radius 1 is 1.42 bits per heavy atom. The van der Waals surface area contributed by atoms with Crippen LogP contribution in [0.15, 0.2) is 29.3 Å². The van der Waals surface area contributed by atoms with E-state index in [0.717, 1.165) is 37.1 Å². The molecule has 1 aromatic rings. The number of benzene rings is 1. The normalized spacial score (nSPS) is 15.9. The van der Waals surface area contributed by atoms with Crippen molar-refractivity contribution in [3.05, 3.63) is 29.8 Å². The smallest absolute Gasteiger partial charge is 0.188 e. The molecule has 0 unspecified atom stereocenters. The van der Waals surface area contributed by atoms with Crippen molar-refractivity contribution < 1.29 is 4.74 Å². The average Bonchev–Trinajstić information content (AvgIpc) is 2.39. The van der Waals surface area contributed by atoms with Gasteiger partial charge in [0.1, 0.15) is 5.75 Å². The Morgan fingerprint density at radius 2 is 2.21 bits per heavy atom. The van der Waals surface area contributed by atoms with Gasteiger partial charge in [0.15, 0.2) is 5.96 Å². The third-order valence-electron chi connectivity index (χ3n) is 3.29. The van der Waals surface area contributed by atoms with E-state index in [-0.39, 0.29) is 0 Å². The molecule has 4 heteroatoms. The number of aliphatic imine (C=N–C) groups is 1. The van der Waals surface area contributed by atoms with Crippen molar-refractivity contribution in [3.63, 3.8) is 0 Å². The summed E-state index contributed by atoms with van der Waals surface area (Å²) in [6, 6.07) is 8.07. The summed E-state index contributed by atoms with van der Waals surface area (Å²) in [7, 11) is 0. The average molecular weight is 261 g/mol. The molecule has 1 aromatic carbocycles. The first-order valence-corrected chi connectivity index (χ1v) is 7.08. The maximum Gasteiger partial charge on any atom is 0.188 e. The molecule has 2 rings (SSSR count). The van der Waals surface area contributed by atoms with Crippen LogP contribution in [0, 0.1) is 0 Å². The molecule has 4 nitrogen and oxygen atoms in total. The van der Waals surface area contributed by atoms with E-state index in [0.29, 0.717) is 18.6 Å². The van der Waals surface area contributed by atoms with E-state index in [1.807, 2.05) is 24.3 Å². The monoisotopic (exact) mass is 261 g/mol. The lowest BCUT2D eigenvalue weighted by molar-refractivity contribution is 0.119. The molecule has 0 spiro atoms. The van der Waals surface area contributed by atoms with Gasteiger partial charge in [-0.2, -0.15) is 0 Å². The second-order valence-electron chi connectivity index (χ2n) is 4.91. The number of guanidine groups is 1. The molecule has 0 saturated heterocycles. The molecular formula is C15H23N3O. The fraction of sp³-hybridized carbons (Fsp3) is 0.533. The Labute approximate surface area is 115 Å². The van der Waals surface area contributed by atoms with Gasteiger partial charge >= 0.3 is 0 Å². The molecule has 19 heavy (non-hydrogen) atoms. The van der Waals surface area contributed by atoms with Gasteiger partial charge in [0.25, 0.3) is 0 Å². The minimum atomic E-state index is 0.390. The number of nitrogens with zero attached hydrogens (tertiary/aromatic N) is 1. The standard InChI is InChI=1S/C15H23N3O/c1-2-10-17-15(16)18-11-12-6-3-4-9-14(12)19-13-7-5-8-13/h3-4,6,9,13H,2,5,7-8,10-11H2,1H3,(H3,16,17,18). The highest BCUT2D eigenvalue weighted by Gasteiger charge is 2.19. The van der Waals surface area contributed by atoms with Crippen LogP contribution in [-0.2, 0) is 6.54 Å². The molecule has 0 atom stereocenters. The van der Waals surface area contributed by atoms with Gasteiger partial charge in [0, 0.05) is 12.1 Å². The van der Waals surface area contributed by atoms with Crippen molar-refractivity contribution in [2.45, 2.75) is 45.3 Å². The molecule has 0 aliphatic heterocycles. The summed E-state index contributed by atoms with van der Waals surface area (Å²) in [6.07, 6.45) is 5.03. The van der Waals surface area contributed by atoms with Gasteiger partial charge < -0.3 is 15.8 Å². The fourth-order valence-corrected chi connectivity index (χ4v) is 1.90. The number of hydrogen-bond donors (Lipinski definition) is 2. The summed E-state index contributed by atoms with van der Waals surface area (Å²) >= 11 is 0. The quantitative estimate of drug-likeness (QED) is 0.611. The van der Waals surface area contributed by atoms with Crippen LogP contribution < -0.4 is 15.8 Å². The SMILES string of the molecule is CCCNC(N)=NCc1ccccc1OC1CCC1. The summed E-state index contributed by atoms with van der Waals surface area (Å²) in [4.78, 5) is 4.35. The molecule has 1 aliphatic carbocycles. The molecule has 3 N–H and O–H groups in total. The lowest BCUT2D eigenvalue weighted by Crippen LogP contribution is -2.32. The molecule has 0 heterocycles. The Morgan fingerprint density at radius 3 is 2.89 bits per heavy atom. The molecular weight excluding hydrogens is 238 g/mol. The first-order chi connectivity index (χ1) is 9.29. The van der Waals surface area contributed by atoms with E-state index in [1.165, 1.54) is 6.42 Å². The van der Waals surface area contributed by atoms with E-state index < -0.39 is 0 Å². The molecule has 1 saturated carbocycles. The van der Waals surface area contributed by atoms with Crippen molar-refractivity contribution in [1.82, 2.24) is 5.32 Å². The minimum Gasteiger partial charge on any atom is -0.490 e. The maximum absolute atomic E-state index is 5.96. The van der Waals surface area contributed by atoms with Gasteiger partial charge in [-0.05, 0) is 31.7 Å². The van der Waals surface area contributed by atoms with Crippen molar-refractivity contribution >= 4 is 5.96 Å². The van der Waals surface area contributed by atoms with Crippen LogP contribution in [-0.4, -0.2) is 18.6 Å². The summed E-state index contributed by atoms with van der Waals surface area (Å²) < 4.78 is 5.96. The lowest BCUT2D eigenvalue weighted by atomic mass is 9.96. The van der Waals surface area contributed by atoms with E-state index in [2.05, 4.69) is 17.2 Å². The zero-order valence-corrected chi connectivity index (χ0v) is 11.6. The van der Waals surface area contributed by atoms with E-state index in [9.17, 15) is 0 Å². The molecule has 0 bridgehead atoms. The number of rotatable bonds is 6. The third-order valence-corrected chi connectivity index (χ3v) is 3.29. The largest absolute Gasteiger partial charge is 0.490 e. The highest BCUT2D eigenvalue weighted by Crippen LogP contribution is 2.27. The van der Waals surface area contributed by atoms with Gasteiger partial charge in [-0.25, -0.2) is 4.99 Å². The second kappa shape index (κ2) is 7.02. The molecule has 1 fully saturated rings.